The smallest absolute Gasteiger partial charge is 0.162 e. The van der Waals surface area contributed by atoms with Crippen LogP contribution in [-0.4, -0.2) is 19.8 Å². The van der Waals surface area contributed by atoms with E-state index in [2.05, 4.69) is 39.9 Å². The van der Waals surface area contributed by atoms with E-state index in [1.165, 1.54) is 0 Å². The number of hydrogen-bond donors (Lipinski definition) is 2. The van der Waals surface area contributed by atoms with Crippen molar-refractivity contribution in [3.8, 4) is 11.5 Å². The van der Waals surface area contributed by atoms with Gasteiger partial charge < -0.3 is 20.5 Å². The maximum Gasteiger partial charge on any atom is 0.162 e. The fourth-order valence-electron chi connectivity index (χ4n) is 2.74. The van der Waals surface area contributed by atoms with Crippen LogP contribution < -0.4 is 20.5 Å². The first-order valence-corrected chi connectivity index (χ1v) is 6.88. The van der Waals surface area contributed by atoms with Crippen LogP contribution in [0, 0.1) is 5.41 Å². The maximum absolute atomic E-state index is 6.09. The molecule has 0 amide bonds. The molecule has 0 heterocycles. The van der Waals surface area contributed by atoms with E-state index in [1.54, 1.807) is 20.3 Å². The van der Waals surface area contributed by atoms with Crippen LogP contribution in [0.5, 0.6) is 11.5 Å². The maximum atomic E-state index is 6.09. The van der Waals surface area contributed by atoms with Gasteiger partial charge in [0.1, 0.15) is 0 Å². The number of ether oxygens (including phenoxy) is 2. The third kappa shape index (κ3) is 4.51. The first-order chi connectivity index (χ1) is 9.08. The molecule has 0 spiro atoms. The lowest BCUT2D eigenvalue weighted by molar-refractivity contribution is 0.302. The van der Waals surface area contributed by atoms with Gasteiger partial charge in [-0.1, -0.05) is 20.8 Å². The van der Waals surface area contributed by atoms with Crippen molar-refractivity contribution >= 4 is 11.4 Å². The number of hydrogen-bond acceptors (Lipinski definition) is 4. The summed E-state index contributed by atoms with van der Waals surface area (Å²) in [7, 11) is 3.23. The van der Waals surface area contributed by atoms with E-state index in [0.29, 0.717) is 17.2 Å². The van der Waals surface area contributed by atoms with Crippen molar-refractivity contribution in [1.29, 1.82) is 0 Å². The summed E-state index contributed by atoms with van der Waals surface area (Å²) < 4.78 is 10.6. The minimum absolute atomic E-state index is 0.0635. The Labute approximate surface area is 122 Å². The Morgan fingerprint density at radius 1 is 1.00 bits per heavy atom. The van der Waals surface area contributed by atoms with Crippen LogP contribution in [0.15, 0.2) is 12.1 Å². The molecule has 0 aliphatic carbocycles. The van der Waals surface area contributed by atoms with Crippen molar-refractivity contribution in [2.24, 2.45) is 5.41 Å². The molecule has 1 aromatic rings. The lowest BCUT2D eigenvalue weighted by atomic mass is 9.81. The Bertz CT molecular complexity index is 462. The summed E-state index contributed by atoms with van der Waals surface area (Å²) >= 11 is 0. The molecule has 4 heteroatoms. The van der Waals surface area contributed by atoms with E-state index in [-0.39, 0.29) is 11.0 Å². The first kappa shape index (κ1) is 16.5. The van der Waals surface area contributed by atoms with Crippen molar-refractivity contribution in [3.05, 3.63) is 12.1 Å². The number of anilines is 2. The van der Waals surface area contributed by atoms with E-state index in [1.807, 2.05) is 6.07 Å². The zero-order valence-electron chi connectivity index (χ0n) is 13.8. The number of benzene rings is 1. The summed E-state index contributed by atoms with van der Waals surface area (Å²) in [5, 5.41) is 3.51. The Hall–Kier alpha value is -1.58. The molecule has 0 aromatic heterocycles. The fourth-order valence-corrected chi connectivity index (χ4v) is 2.74. The van der Waals surface area contributed by atoms with Gasteiger partial charge in [-0.3, -0.25) is 0 Å². The number of nitrogen functional groups attached to an aromatic ring is 1. The second-order valence-electron chi connectivity index (χ2n) is 7.04. The van der Waals surface area contributed by atoms with E-state index >= 15 is 0 Å². The predicted octanol–water partition coefficient (Wildman–Crippen LogP) is 3.91. The molecule has 1 rings (SSSR count). The molecule has 4 nitrogen and oxygen atoms in total. The van der Waals surface area contributed by atoms with Crippen molar-refractivity contribution in [1.82, 2.24) is 0 Å². The molecule has 0 bridgehead atoms. The molecule has 0 saturated heterocycles. The molecule has 1 aromatic carbocycles. The molecule has 0 saturated carbocycles. The van der Waals surface area contributed by atoms with E-state index in [0.717, 1.165) is 12.1 Å². The largest absolute Gasteiger partial charge is 0.493 e. The monoisotopic (exact) mass is 280 g/mol. The number of methoxy groups -OCH3 is 2. The summed E-state index contributed by atoms with van der Waals surface area (Å²) in [5.74, 6) is 1.32. The van der Waals surface area contributed by atoms with Crippen LogP contribution in [0.4, 0.5) is 11.4 Å². The molecule has 20 heavy (non-hydrogen) atoms. The first-order valence-electron chi connectivity index (χ1n) is 6.88. The average molecular weight is 280 g/mol. The molecule has 0 fully saturated rings. The third-order valence-corrected chi connectivity index (χ3v) is 3.00. The third-order valence-electron chi connectivity index (χ3n) is 3.00. The van der Waals surface area contributed by atoms with Crippen molar-refractivity contribution < 1.29 is 9.47 Å². The van der Waals surface area contributed by atoms with Gasteiger partial charge >= 0.3 is 0 Å². The molecule has 0 aliphatic heterocycles. The van der Waals surface area contributed by atoms with Crippen LogP contribution in [0.1, 0.15) is 41.0 Å². The minimum Gasteiger partial charge on any atom is -0.493 e. The molecular formula is C16H28N2O2. The fraction of sp³-hybridized carbons (Fsp3) is 0.625. The Morgan fingerprint density at radius 3 is 1.95 bits per heavy atom. The Kier molecular flexibility index (Phi) is 4.79. The van der Waals surface area contributed by atoms with Crippen LogP contribution in [0.3, 0.4) is 0 Å². The van der Waals surface area contributed by atoms with Crippen molar-refractivity contribution in [2.75, 3.05) is 25.3 Å². The second-order valence-corrected chi connectivity index (χ2v) is 7.04. The quantitative estimate of drug-likeness (QED) is 0.803. The average Bonchev–Trinajstić information content (AvgIpc) is 2.27. The highest BCUT2D eigenvalue weighted by molar-refractivity contribution is 5.72. The van der Waals surface area contributed by atoms with Crippen LogP contribution >= 0.6 is 0 Å². The highest BCUT2D eigenvalue weighted by Crippen LogP contribution is 2.37. The standard InChI is InChI=1S/C16H28N2O2/c1-15(2,3)10-16(4,5)18-12-9-14(20-7)13(19-6)8-11(12)17/h8-9,18H,10,17H2,1-7H3. The number of nitrogens with two attached hydrogens (primary N) is 1. The number of rotatable bonds is 5. The zero-order chi connectivity index (χ0) is 15.6. The van der Waals surface area contributed by atoms with Crippen molar-refractivity contribution in [3.63, 3.8) is 0 Å². The summed E-state index contributed by atoms with van der Waals surface area (Å²) in [5.41, 5.74) is 7.80. The Balaban J connectivity index is 3.03. The Morgan fingerprint density at radius 2 is 1.50 bits per heavy atom. The van der Waals surface area contributed by atoms with Gasteiger partial charge in [0, 0.05) is 17.7 Å². The van der Waals surface area contributed by atoms with Gasteiger partial charge in [-0.2, -0.15) is 0 Å². The molecule has 3 N–H and O–H groups in total. The summed E-state index contributed by atoms with van der Waals surface area (Å²) in [4.78, 5) is 0. The van der Waals surface area contributed by atoms with Gasteiger partial charge in [0.15, 0.2) is 11.5 Å². The van der Waals surface area contributed by atoms with Gasteiger partial charge in [0.05, 0.1) is 25.6 Å². The number of nitrogens with one attached hydrogen (secondary N) is 1. The SMILES string of the molecule is COc1cc(N)c(NC(C)(C)CC(C)(C)C)cc1OC. The van der Waals surface area contributed by atoms with Gasteiger partial charge in [0.25, 0.3) is 0 Å². The normalized spacial score (nSPS) is 12.2. The predicted molar refractivity (Wildman–Crippen MR) is 85.7 cm³/mol. The topological polar surface area (TPSA) is 56.5 Å². The lowest BCUT2D eigenvalue weighted by Gasteiger charge is -2.34. The highest BCUT2D eigenvalue weighted by Gasteiger charge is 2.26. The summed E-state index contributed by atoms with van der Waals surface area (Å²) in [6.07, 6.45) is 1.02. The molecule has 0 aliphatic rings. The van der Waals surface area contributed by atoms with Gasteiger partial charge in [-0.05, 0) is 25.7 Å². The van der Waals surface area contributed by atoms with Gasteiger partial charge in [-0.25, -0.2) is 0 Å². The van der Waals surface area contributed by atoms with Gasteiger partial charge in [-0.15, -0.1) is 0 Å². The van der Waals surface area contributed by atoms with Crippen LogP contribution in [0.2, 0.25) is 0 Å². The molecule has 0 atom stereocenters. The summed E-state index contributed by atoms with van der Waals surface area (Å²) in [6.45, 7) is 11.0. The molecular weight excluding hydrogens is 252 g/mol. The van der Waals surface area contributed by atoms with Crippen LogP contribution in [-0.2, 0) is 0 Å². The second kappa shape index (κ2) is 5.81. The lowest BCUT2D eigenvalue weighted by Crippen LogP contribution is -2.35. The molecule has 114 valence electrons. The van der Waals surface area contributed by atoms with E-state index in [4.69, 9.17) is 15.2 Å². The van der Waals surface area contributed by atoms with Crippen molar-refractivity contribution in [2.45, 2.75) is 46.6 Å². The van der Waals surface area contributed by atoms with E-state index in [9.17, 15) is 0 Å². The minimum atomic E-state index is -0.0635. The van der Waals surface area contributed by atoms with E-state index < -0.39 is 0 Å². The molecule has 0 radical (unpaired) electrons. The summed E-state index contributed by atoms with van der Waals surface area (Å²) in [6, 6.07) is 3.67. The van der Waals surface area contributed by atoms with Crippen LogP contribution in [0.25, 0.3) is 0 Å². The molecule has 0 unspecified atom stereocenters. The highest BCUT2D eigenvalue weighted by atomic mass is 16.5. The van der Waals surface area contributed by atoms with Gasteiger partial charge in [0.2, 0.25) is 0 Å². The zero-order valence-corrected chi connectivity index (χ0v) is 13.8.